The molecule has 0 aromatic carbocycles. The number of likely N-dealkylation sites (tertiary alicyclic amines) is 1. The summed E-state index contributed by atoms with van der Waals surface area (Å²) in [6, 6.07) is -0.993. The number of hydrogen-bond acceptors (Lipinski definition) is 4. The second kappa shape index (κ2) is 4.97. The van der Waals surface area contributed by atoms with Gasteiger partial charge in [0.2, 0.25) is 11.8 Å². The number of aliphatic hydroxyl groups is 1. The van der Waals surface area contributed by atoms with Crippen LogP contribution in [0.3, 0.4) is 0 Å². The molecule has 1 saturated carbocycles. The number of nitrogens with two attached hydrogens (primary N) is 1. The van der Waals surface area contributed by atoms with E-state index in [4.69, 9.17) is 5.73 Å². The summed E-state index contributed by atoms with van der Waals surface area (Å²) >= 11 is 0. The van der Waals surface area contributed by atoms with E-state index < -0.39 is 18.1 Å². The van der Waals surface area contributed by atoms with Gasteiger partial charge in [-0.15, -0.1) is 0 Å². The molecule has 0 unspecified atom stereocenters. The fourth-order valence-electron chi connectivity index (χ4n) is 3.12. The summed E-state index contributed by atoms with van der Waals surface area (Å²) < 4.78 is 0. The lowest BCUT2D eigenvalue weighted by atomic mass is 9.73. The SMILES string of the molecule is C[C@@H](O)[C@H](N)C(=O)N1CC2(CCCCC2)CC1=O. The molecule has 2 atom stereocenters. The Morgan fingerprint density at radius 1 is 1.39 bits per heavy atom. The van der Waals surface area contributed by atoms with Gasteiger partial charge in [-0.3, -0.25) is 14.5 Å². The Bertz CT molecular complexity index is 348. The monoisotopic (exact) mass is 254 g/mol. The molecular formula is C13H22N2O3. The zero-order chi connectivity index (χ0) is 13.3. The maximum absolute atomic E-state index is 12.0. The Hall–Kier alpha value is -0.940. The summed E-state index contributed by atoms with van der Waals surface area (Å²) in [5, 5.41) is 9.36. The number of carbonyl (C=O) groups is 2. The topological polar surface area (TPSA) is 83.6 Å². The number of nitrogens with zero attached hydrogens (tertiary/aromatic N) is 1. The largest absolute Gasteiger partial charge is 0.391 e. The van der Waals surface area contributed by atoms with Gasteiger partial charge in [-0.1, -0.05) is 19.3 Å². The van der Waals surface area contributed by atoms with Gasteiger partial charge >= 0.3 is 0 Å². The van der Waals surface area contributed by atoms with Crippen LogP contribution in [0, 0.1) is 5.41 Å². The minimum Gasteiger partial charge on any atom is -0.391 e. The van der Waals surface area contributed by atoms with Crippen LogP contribution in [0.4, 0.5) is 0 Å². The number of carbonyl (C=O) groups excluding carboxylic acids is 2. The van der Waals surface area contributed by atoms with E-state index in [2.05, 4.69) is 0 Å². The molecule has 102 valence electrons. The molecule has 2 aliphatic rings. The van der Waals surface area contributed by atoms with Gasteiger partial charge in [0, 0.05) is 13.0 Å². The first-order valence-electron chi connectivity index (χ1n) is 6.73. The van der Waals surface area contributed by atoms with E-state index in [0.717, 1.165) is 25.7 Å². The number of amides is 2. The molecule has 5 nitrogen and oxygen atoms in total. The number of hydrogen-bond donors (Lipinski definition) is 2. The zero-order valence-electron chi connectivity index (χ0n) is 10.9. The van der Waals surface area contributed by atoms with E-state index in [-0.39, 0.29) is 11.3 Å². The van der Waals surface area contributed by atoms with Crippen LogP contribution in [0.15, 0.2) is 0 Å². The van der Waals surface area contributed by atoms with Crippen molar-refractivity contribution in [1.29, 1.82) is 0 Å². The van der Waals surface area contributed by atoms with Crippen molar-refractivity contribution in [3.8, 4) is 0 Å². The highest BCUT2D eigenvalue weighted by Gasteiger charge is 2.46. The minimum absolute atomic E-state index is 0.0105. The molecule has 2 amide bonds. The molecule has 18 heavy (non-hydrogen) atoms. The van der Waals surface area contributed by atoms with Gasteiger partial charge in [-0.2, -0.15) is 0 Å². The molecule has 1 aliphatic heterocycles. The Balaban J connectivity index is 2.07. The van der Waals surface area contributed by atoms with Crippen molar-refractivity contribution in [3.05, 3.63) is 0 Å². The van der Waals surface area contributed by atoms with E-state index >= 15 is 0 Å². The van der Waals surface area contributed by atoms with Gasteiger partial charge in [-0.25, -0.2) is 0 Å². The lowest BCUT2D eigenvalue weighted by Crippen LogP contribution is -2.50. The van der Waals surface area contributed by atoms with Crippen molar-refractivity contribution in [2.45, 2.75) is 57.6 Å². The van der Waals surface area contributed by atoms with Gasteiger partial charge in [0.25, 0.3) is 0 Å². The van der Waals surface area contributed by atoms with Crippen LogP contribution in [0.5, 0.6) is 0 Å². The van der Waals surface area contributed by atoms with Gasteiger partial charge in [0.1, 0.15) is 6.04 Å². The molecule has 2 rings (SSSR count). The highest BCUT2D eigenvalue weighted by molar-refractivity contribution is 5.99. The zero-order valence-corrected chi connectivity index (χ0v) is 10.9. The van der Waals surface area contributed by atoms with Crippen molar-refractivity contribution >= 4 is 11.8 Å². The predicted octanol–water partition coefficient (Wildman–Crippen LogP) is 0.404. The summed E-state index contributed by atoms with van der Waals surface area (Å²) in [5.41, 5.74) is 5.62. The molecule has 1 spiro atoms. The van der Waals surface area contributed by atoms with E-state index in [0.29, 0.717) is 13.0 Å². The quantitative estimate of drug-likeness (QED) is 0.747. The van der Waals surface area contributed by atoms with Crippen LogP contribution >= 0.6 is 0 Å². The van der Waals surface area contributed by atoms with Crippen molar-refractivity contribution in [2.75, 3.05) is 6.54 Å². The first-order chi connectivity index (χ1) is 8.45. The summed E-state index contributed by atoms with van der Waals surface area (Å²) in [4.78, 5) is 25.3. The molecule has 3 N–H and O–H groups in total. The predicted molar refractivity (Wildman–Crippen MR) is 66.5 cm³/mol. The molecule has 1 saturated heterocycles. The van der Waals surface area contributed by atoms with E-state index in [1.807, 2.05) is 0 Å². The second-order valence-electron chi connectivity index (χ2n) is 5.82. The van der Waals surface area contributed by atoms with Gasteiger partial charge in [0.15, 0.2) is 0 Å². The van der Waals surface area contributed by atoms with Crippen LogP contribution in [-0.4, -0.2) is 40.5 Å². The first-order valence-corrected chi connectivity index (χ1v) is 6.73. The van der Waals surface area contributed by atoms with E-state index in [1.54, 1.807) is 0 Å². The Labute approximate surface area is 107 Å². The Kier molecular flexibility index (Phi) is 3.73. The molecule has 1 heterocycles. The van der Waals surface area contributed by atoms with E-state index in [9.17, 15) is 14.7 Å². The molecular weight excluding hydrogens is 232 g/mol. The fraction of sp³-hybridized carbons (Fsp3) is 0.846. The third-order valence-corrected chi connectivity index (χ3v) is 4.31. The number of rotatable bonds is 2. The summed E-state index contributed by atoms with van der Waals surface area (Å²) in [5.74, 6) is -0.560. The van der Waals surface area contributed by atoms with Crippen LogP contribution in [0.2, 0.25) is 0 Å². The Morgan fingerprint density at radius 2 is 2.00 bits per heavy atom. The van der Waals surface area contributed by atoms with Gasteiger partial charge in [-0.05, 0) is 25.2 Å². The first kappa shape index (κ1) is 13.5. The maximum atomic E-state index is 12.0. The molecule has 1 aliphatic carbocycles. The molecule has 0 aromatic rings. The summed E-state index contributed by atoms with van der Waals surface area (Å²) in [6.45, 7) is 1.96. The summed E-state index contributed by atoms with van der Waals surface area (Å²) in [7, 11) is 0. The summed E-state index contributed by atoms with van der Waals surface area (Å²) in [6.07, 6.45) is 5.07. The third-order valence-electron chi connectivity index (χ3n) is 4.31. The standard InChI is InChI=1S/C13H22N2O3/c1-9(16)11(14)12(18)15-8-13(7-10(15)17)5-3-2-4-6-13/h9,11,16H,2-8,14H2,1H3/t9-,11+/m1/s1. The highest BCUT2D eigenvalue weighted by atomic mass is 16.3. The highest BCUT2D eigenvalue weighted by Crippen LogP contribution is 2.44. The molecule has 0 aromatic heterocycles. The molecule has 2 fully saturated rings. The smallest absolute Gasteiger partial charge is 0.248 e. The fourth-order valence-corrected chi connectivity index (χ4v) is 3.12. The van der Waals surface area contributed by atoms with Gasteiger partial charge in [0.05, 0.1) is 6.10 Å². The lowest BCUT2D eigenvalue weighted by Gasteiger charge is -2.32. The normalized spacial score (nSPS) is 26.4. The number of imide groups is 1. The number of aliphatic hydroxyl groups excluding tert-OH is 1. The third kappa shape index (κ3) is 2.42. The molecule has 0 bridgehead atoms. The van der Waals surface area contributed by atoms with Crippen LogP contribution in [-0.2, 0) is 9.59 Å². The van der Waals surface area contributed by atoms with Crippen molar-refractivity contribution in [2.24, 2.45) is 11.1 Å². The van der Waals surface area contributed by atoms with Crippen LogP contribution < -0.4 is 5.73 Å². The second-order valence-corrected chi connectivity index (χ2v) is 5.82. The van der Waals surface area contributed by atoms with Crippen LogP contribution in [0.25, 0.3) is 0 Å². The van der Waals surface area contributed by atoms with Gasteiger partial charge < -0.3 is 10.8 Å². The van der Waals surface area contributed by atoms with Crippen LogP contribution in [0.1, 0.15) is 45.4 Å². The van der Waals surface area contributed by atoms with Crippen molar-refractivity contribution in [3.63, 3.8) is 0 Å². The molecule has 5 heteroatoms. The maximum Gasteiger partial charge on any atom is 0.248 e. The van der Waals surface area contributed by atoms with E-state index in [1.165, 1.54) is 18.2 Å². The van der Waals surface area contributed by atoms with Crippen molar-refractivity contribution < 1.29 is 14.7 Å². The lowest BCUT2D eigenvalue weighted by molar-refractivity contribution is -0.144. The molecule has 0 radical (unpaired) electrons. The minimum atomic E-state index is -0.993. The average molecular weight is 254 g/mol. The average Bonchev–Trinajstić information content (AvgIpc) is 2.65. The Morgan fingerprint density at radius 3 is 2.56 bits per heavy atom. The van der Waals surface area contributed by atoms with Crippen molar-refractivity contribution in [1.82, 2.24) is 4.90 Å².